The second kappa shape index (κ2) is 5.93. The molecule has 4 heteroatoms. The van der Waals surface area contributed by atoms with E-state index in [1.54, 1.807) is 6.07 Å². The van der Waals surface area contributed by atoms with Crippen LogP contribution in [0.3, 0.4) is 0 Å². The van der Waals surface area contributed by atoms with Crippen molar-refractivity contribution >= 4 is 11.0 Å². The molecule has 0 bridgehead atoms. The largest absolute Gasteiger partial charge is 0.508 e. The molecule has 0 radical (unpaired) electrons. The smallest absolute Gasteiger partial charge is 0.234 e. The van der Waals surface area contributed by atoms with E-state index in [0.29, 0.717) is 23.2 Å². The van der Waals surface area contributed by atoms with Gasteiger partial charge >= 0.3 is 0 Å². The quantitative estimate of drug-likeness (QED) is 0.802. The first-order valence-corrected chi connectivity index (χ1v) is 7.05. The minimum absolute atomic E-state index is 0.0647. The van der Waals surface area contributed by atoms with Gasteiger partial charge in [0.15, 0.2) is 5.76 Å². The van der Waals surface area contributed by atoms with Gasteiger partial charge in [0.05, 0.1) is 12.5 Å². The van der Waals surface area contributed by atoms with Gasteiger partial charge in [-0.3, -0.25) is 4.79 Å². The molecule has 0 fully saturated rings. The summed E-state index contributed by atoms with van der Waals surface area (Å²) in [6.45, 7) is 0. The van der Waals surface area contributed by atoms with Crippen molar-refractivity contribution in [3.05, 3.63) is 70.1 Å². The van der Waals surface area contributed by atoms with Gasteiger partial charge in [0.25, 0.3) is 0 Å². The van der Waals surface area contributed by atoms with Gasteiger partial charge in [0, 0.05) is 12.5 Å². The molecule has 0 aliphatic carbocycles. The summed E-state index contributed by atoms with van der Waals surface area (Å²) in [5.41, 5.74) is 1.31. The highest BCUT2D eigenvalue weighted by atomic mass is 16.5. The Bertz CT molecular complexity index is 850. The van der Waals surface area contributed by atoms with Gasteiger partial charge < -0.3 is 14.3 Å². The highest BCUT2D eigenvalue weighted by Crippen LogP contribution is 2.25. The molecule has 112 valence electrons. The highest BCUT2D eigenvalue weighted by molar-refractivity contribution is 5.79. The van der Waals surface area contributed by atoms with Crippen molar-refractivity contribution in [2.75, 3.05) is 7.11 Å². The van der Waals surface area contributed by atoms with Crippen molar-refractivity contribution in [3.63, 3.8) is 0 Å². The molecule has 0 aliphatic heterocycles. The second-order valence-electron chi connectivity index (χ2n) is 5.05. The summed E-state index contributed by atoms with van der Waals surface area (Å²) in [6.07, 6.45) is 1.29. The number of aryl methyl sites for hydroxylation is 2. The number of rotatable bonds is 4. The van der Waals surface area contributed by atoms with E-state index in [9.17, 15) is 9.90 Å². The van der Waals surface area contributed by atoms with Crippen LogP contribution in [0.1, 0.15) is 11.3 Å². The minimum Gasteiger partial charge on any atom is -0.508 e. The van der Waals surface area contributed by atoms with E-state index in [4.69, 9.17) is 9.15 Å². The van der Waals surface area contributed by atoms with E-state index in [1.165, 1.54) is 19.2 Å². The topological polar surface area (TPSA) is 59.7 Å². The molecular formula is C18H16O4. The molecule has 0 atom stereocenters. The number of hydrogen-bond acceptors (Lipinski definition) is 4. The highest BCUT2D eigenvalue weighted by Gasteiger charge is 2.15. The Balaban J connectivity index is 2.02. The van der Waals surface area contributed by atoms with Crippen molar-refractivity contribution in [2.45, 2.75) is 12.8 Å². The van der Waals surface area contributed by atoms with Crippen LogP contribution in [-0.2, 0) is 12.8 Å². The summed E-state index contributed by atoms with van der Waals surface area (Å²) >= 11 is 0. The molecule has 0 saturated carbocycles. The molecular weight excluding hydrogens is 280 g/mol. The van der Waals surface area contributed by atoms with Gasteiger partial charge in [-0.2, -0.15) is 0 Å². The number of ether oxygens (including phenoxy) is 1. The summed E-state index contributed by atoms with van der Waals surface area (Å²) in [4.78, 5) is 12.4. The third-order valence-corrected chi connectivity index (χ3v) is 3.59. The van der Waals surface area contributed by atoms with Crippen LogP contribution >= 0.6 is 0 Å². The predicted octanol–water partition coefficient (Wildman–Crippen LogP) is 3.29. The number of fused-ring (bicyclic) bond motifs is 1. The maximum absolute atomic E-state index is 12.4. The van der Waals surface area contributed by atoms with Crippen LogP contribution < -0.4 is 10.2 Å². The van der Waals surface area contributed by atoms with E-state index in [-0.39, 0.29) is 16.9 Å². The van der Waals surface area contributed by atoms with Crippen molar-refractivity contribution in [1.29, 1.82) is 0 Å². The number of benzene rings is 2. The number of methoxy groups -OCH3 is 1. The van der Waals surface area contributed by atoms with Crippen LogP contribution in [-0.4, -0.2) is 12.2 Å². The van der Waals surface area contributed by atoms with Crippen molar-refractivity contribution < 1.29 is 14.3 Å². The first-order valence-electron chi connectivity index (χ1n) is 7.05. The molecule has 0 spiro atoms. The molecule has 1 N–H and O–H groups in total. The summed E-state index contributed by atoms with van der Waals surface area (Å²) in [7, 11) is 1.46. The first kappa shape index (κ1) is 14.2. The fourth-order valence-corrected chi connectivity index (χ4v) is 2.48. The molecule has 0 unspecified atom stereocenters. The van der Waals surface area contributed by atoms with Gasteiger partial charge in [-0.05, 0) is 24.1 Å². The zero-order valence-corrected chi connectivity index (χ0v) is 12.2. The Morgan fingerprint density at radius 1 is 1.09 bits per heavy atom. The fourth-order valence-electron chi connectivity index (χ4n) is 2.48. The van der Waals surface area contributed by atoms with Crippen molar-refractivity contribution in [2.24, 2.45) is 0 Å². The monoisotopic (exact) mass is 296 g/mol. The Hall–Kier alpha value is -2.75. The maximum atomic E-state index is 12.4. The Labute approximate surface area is 127 Å². The third-order valence-electron chi connectivity index (χ3n) is 3.59. The summed E-state index contributed by atoms with van der Waals surface area (Å²) in [5, 5.41) is 9.95. The number of hydrogen-bond donors (Lipinski definition) is 1. The molecule has 0 amide bonds. The van der Waals surface area contributed by atoms with Gasteiger partial charge in [0.1, 0.15) is 11.3 Å². The minimum atomic E-state index is -0.216. The van der Waals surface area contributed by atoms with Crippen molar-refractivity contribution in [3.8, 4) is 11.5 Å². The first-order chi connectivity index (χ1) is 10.7. The molecule has 3 aromatic rings. The molecule has 0 saturated heterocycles. The van der Waals surface area contributed by atoms with Crippen LogP contribution in [0.15, 0.2) is 57.7 Å². The average Bonchev–Trinajstić information content (AvgIpc) is 2.53. The molecule has 1 aromatic heterocycles. The zero-order chi connectivity index (χ0) is 15.5. The Kier molecular flexibility index (Phi) is 3.83. The Morgan fingerprint density at radius 3 is 2.59 bits per heavy atom. The number of aromatic hydroxyl groups is 1. The van der Waals surface area contributed by atoms with Crippen molar-refractivity contribution in [1.82, 2.24) is 0 Å². The molecule has 1 heterocycles. The van der Waals surface area contributed by atoms with E-state index in [1.807, 2.05) is 30.3 Å². The lowest BCUT2D eigenvalue weighted by molar-refractivity contribution is 0.377. The van der Waals surface area contributed by atoms with Gasteiger partial charge in [-0.1, -0.05) is 30.3 Å². The van der Waals surface area contributed by atoms with Crippen LogP contribution in [0.4, 0.5) is 0 Å². The van der Waals surface area contributed by atoms with E-state index in [0.717, 1.165) is 12.0 Å². The maximum Gasteiger partial charge on any atom is 0.234 e. The van der Waals surface area contributed by atoms with Crippen LogP contribution in [0, 0.1) is 0 Å². The van der Waals surface area contributed by atoms with E-state index in [2.05, 4.69) is 0 Å². The third kappa shape index (κ3) is 2.68. The lowest BCUT2D eigenvalue weighted by atomic mass is 10.1. The lowest BCUT2D eigenvalue weighted by Crippen LogP contribution is -2.09. The van der Waals surface area contributed by atoms with E-state index >= 15 is 0 Å². The second-order valence-corrected chi connectivity index (χ2v) is 5.05. The molecule has 4 nitrogen and oxygen atoms in total. The van der Waals surface area contributed by atoms with Gasteiger partial charge in [-0.15, -0.1) is 0 Å². The van der Waals surface area contributed by atoms with Crippen LogP contribution in [0.2, 0.25) is 0 Å². The number of phenols is 1. The molecule has 22 heavy (non-hydrogen) atoms. The van der Waals surface area contributed by atoms with Crippen LogP contribution in [0.5, 0.6) is 11.5 Å². The predicted molar refractivity (Wildman–Crippen MR) is 84.6 cm³/mol. The fraction of sp³-hybridized carbons (Fsp3) is 0.167. The molecule has 2 aromatic carbocycles. The zero-order valence-electron chi connectivity index (χ0n) is 12.2. The van der Waals surface area contributed by atoms with E-state index < -0.39 is 0 Å². The standard InChI is InChI=1S/C18H16O4/c1-21-18-15(10-7-12-5-3-2-4-6-12)22-16-11-13(19)8-9-14(16)17(18)20/h2-6,8-9,11,19H,7,10H2,1H3. The van der Waals surface area contributed by atoms with Crippen LogP contribution in [0.25, 0.3) is 11.0 Å². The average molecular weight is 296 g/mol. The lowest BCUT2D eigenvalue weighted by Gasteiger charge is -2.09. The summed E-state index contributed by atoms with van der Waals surface area (Å²) in [6, 6.07) is 14.4. The SMILES string of the molecule is COc1c(CCc2ccccc2)oc2cc(O)ccc2c1=O. The van der Waals surface area contributed by atoms with Gasteiger partial charge in [-0.25, -0.2) is 0 Å². The number of phenolic OH excluding ortho intramolecular Hbond substituents is 1. The normalized spacial score (nSPS) is 10.8. The molecule has 3 rings (SSSR count). The summed E-state index contributed by atoms with van der Waals surface area (Å²) in [5.74, 6) is 0.790. The van der Waals surface area contributed by atoms with Gasteiger partial charge in [0.2, 0.25) is 11.2 Å². The summed E-state index contributed by atoms with van der Waals surface area (Å²) < 4.78 is 11.0. The molecule has 0 aliphatic rings. The Morgan fingerprint density at radius 2 is 1.86 bits per heavy atom.